The van der Waals surface area contributed by atoms with Gasteiger partial charge in [0.2, 0.25) is 0 Å². The number of rotatable bonds is 9. The van der Waals surface area contributed by atoms with Crippen LogP contribution < -0.4 is 9.47 Å². The number of hydrogen-bond acceptors (Lipinski definition) is 5. The number of esters is 1. The lowest BCUT2D eigenvalue weighted by molar-refractivity contribution is -0.282. The second-order valence-corrected chi connectivity index (χ2v) is 11.6. The predicted octanol–water partition coefficient (Wildman–Crippen LogP) is 8.35. The van der Waals surface area contributed by atoms with Crippen LogP contribution in [0.15, 0.2) is 78.9 Å². The van der Waals surface area contributed by atoms with Crippen molar-refractivity contribution in [2.24, 2.45) is 0 Å². The van der Waals surface area contributed by atoms with Crippen LogP contribution in [0.1, 0.15) is 75.7 Å². The van der Waals surface area contributed by atoms with Crippen LogP contribution in [0.25, 0.3) is 11.1 Å². The Hall–Kier alpha value is -3.48. The second-order valence-electron chi connectivity index (χ2n) is 11.6. The zero-order valence-corrected chi connectivity index (χ0v) is 24.4. The van der Waals surface area contributed by atoms with Crippen molar-refractivity contribution in [2.45, 2.75) is 70.9 Å². The molecule has 0 spiro atoms. The van der Waals surface area contributed by atoms with E-state index in [4.69, 9.17) is 14.3 Å². The molecule has 3 aromatic carbocycles. The average molecular weight is 546 g/mol. The summed E-state index contributed by atoms with van der Waals surface area (Å²) in [6.07, 6.45) is 6.99. The van der Waals surface area contributed by atoms with Gasteiger partial charge in [-0.2, -0.15) is 5.06 Å². The molecular weight excluding hydrogens is 505 g/mol. The first-order valence-corrected chi connectivity index (χ1v) is 13.8. The normalized spacial score (nSPS) is 17.2. The Labute approximate surface area is 237 Å². The minimum Gasteiger partial charge on any atom is -0.497 e. The average Bonchev–Trinajstić information content (AvgIpc) is 2.92. The fourth-order valence-corrected chi connectivity index (χ4v) is 5.85. The third-order valence-electron chi connectivity index (χ3n) is 7.50. The van der Waals surface area contributed by atoms with Gasteiger partial charge in [-0.05, 0) is 107 Å². The van der Waals surface area contributed by atoms with Gasteiger partial charge in [-0.25, -0.2) is 9.18 Å². The maximum Gasteiger partial charge on any atom is 0.343 e. The molecule has 0 saturated carbocycles. The van der Waals surface area contributed by atoms with Crippen molar-refractivity contribution in [3.05, 3.63) is 95.8 Å². The summed E-state index contributed by atoms with van der Waals surface area (Å²) in [5.74, 6) is 0.153. The van der Waals surface area contributed by atoms with E-state index in [1.165, 1.54) is 11.6 Å². The van der Waals surface area contributed by atoms with Crippen molar-refractivity contribution in [3.63, 3.8) is 0 Å². The fourth-order valence-electron chi connectivity index (χ4n) is 5.85. The third kappa shape index (κ3) is 6.80. The minimum atomic E-state index is -0.556. The summed E-state index contributed by atoms with van der Waals surface area (Å²) in [6, 6.07) is 19.2. The highest BCUT2D eigenvalue weighted by atomic mass is 19.1. The monoisotopic (exact) mass is 545 g/mol. The summed E-state index contributed by atoms with van der Waals surface area (Å²) in [5.41, 5.74) is 2.57. The van der Waals surface area contributed by atoms with Crippen molar-refractivity contribution < 1.29 is 23.5 Å². The summed E-state index contributed by atoms with van der Waals surface area (Å²) < 4.78 is 25.6. The maximum atomic E-state index is 15.1. The van der Waals surface area contributed by atoms with Gasteiger partial charge in [-0.3, -0.25) is 4.84 Å². The summed E-state index contributed by atoms with van der Waals surface area (Å²) >= 11 is 0. The van der Waals surface area contributed by atoms with Gasteiger partial charge >= 0.3 is 5.97 Å². The van der Waals surface area contributed by atoms with Crippen LogP contribution in [0.4, 0.5) is 4.39 Å². The fraction of sp³-hybridized carbons (Fsp3) is 0.382. The van der Waals surface area contributed by atoms with Gasteiger partial charge in [-0.15, -0.1) is 0 Å². The quantitative estimate of drug-likeness (QED) is 0.117. The lowest BCUT2D eigenvalue weighted by Crippen LogP contribution is -2.59. The first-order chi connectivity index (χ1) is 19.0. The van der Waals surface area contributed by atoms with Gasteiger partial charge in [0.15, 0.2) is 0 Å². The number of hydroxylamine groups is 2. The van der Waals surface area contributed by atoms with Crippen molar-refractivity contribution in [2.75, 3.05) is 13.7 Å². The summed E-state index contributed by atoms with van der Waals surface area (Å²) in [6.45, 7) is 11.6. The van der Waals surface area contributed by atoms with E-state index < -0.39 is 11.8 Å². The number of halogens is 1. The zero-order valence-electron chi connectivity index (χ0n) is 24.4. The van der Waals surface area contributed by atoms with Gasteiger partial charge < -0.3 is 9.47 Å². The first-order valence-electron chi connectivity index (χ1n) is 13.8. The van der Waals surface area contributed by atoms with E-state index in [-0.39, 0.29) is 16.8 Å². The summed E-state index contributed by atoms with van der Waals surface area (Å²) in [4.78, 5) is 18.7. The maximum absolute atomic E-state index is 15.1. The van der Waals surface area contributed by atoms with Crippen LogP contribution in [0.5, 0.6) is 11.5 Å². The highest BCUT2D eigenvalue weighted by molar-refractivity contribution is 5.91. The molecule has 1 aliphatic rings. The molecule has 0 atom stereocenters. The largest absolute Gasteiger partial charge is 0.497 e. The Morgan fingerprint density at radius 3 is 2.15 bits per heavy atom. The number of allylic oxidation sites excluding steroid dienone is 1. The topological polar surface area (TPSA) is 48.0 Å². The molecule has 0 aliphatic carbocycles. The van der Waals surface area contributed by atoms with Gasteiger partial charge in [0.1, 0.15) is 17.3 Å². The predicted molar refractivity (Wildman–Crippen MR) is 157 cm³/mol. The molecule has 0 unspecified atom stereocenters. The molecule has 0 N–H and O–H groups in total. The van der Waals surface area contributed by atoms with Crippen LogP contribution in [-0.4, -0.2) is 35.8 Å². The number of ether oxygens (including phenoxy) is 2. The van der Waals surface area contributed by atoms with Crippen LogP contribution >= 0.6 is 0 Å². The Bertz CT molecular complexity index is 1310. The molecular formula is C34H40FNO4. The molecule has 3 aromatic rings. The second kappa shape index (κ2) is 12.4. The molecule has 40 heavy (non-hydrogen) atoms. The van der Waals surface area contributed by atoms with Crippen LogP contribution in [0.2, 0.25) is 0 Å². The van der Waals surface area contributed by atoms with Crippen molar-refractivity contribution in [1.82, 2.24) is 5.06 Å². The van der Waals surface area contributed by atoms with E-state index in [1.807, 2.05) is 19.1 Å². The molecule has 4 rings (SSSR count). The SMILES string of the molecule is C/C=C\CCON1C(C)(C)CC(c2ccc(-c3ccc(OC(=O)c4ccc(OC)cc4)cc3F)cc2)CC1(C)C. The standard InChI is InChI=1S/C34H40FNO4/c1-7-8-9-20-39-36-33(2,3)22-27(23-34(36,4)5)24-10-12-25(13-11-24)30-19-18-29(21-31(30)35)40-32(37)26-14-16-28(38-6)17-15-26/h7-8,10-19,21,27H,9,20,22-23H2,1-6H3/b8-7-. The minimum absolute atomic E-state index is 0.133. The molecule has 5 nitrogen and oxygen atoms in total. The van der Waals surface area contributed by atoms with Gasteiger partial charge in [0, 0.05) is 22.7 Å². The van der Waals surface area contributed by atoms with Crippen LogP contribution in [-0.2, 0) is 4.84 Å². The van der Waals surface area contributed by atoms with E-state index in [0.29, 0.717) is 29.4 Å². The van der Waals surface area contributed by atoms with E-state index in [0.717, 1.165) is 24.8 Å². The molecule has 1 fully saturated rings. The molecule has 0 aromatic heterocycles. The van der Waals surface area contributed by atoms with Gasteiger partial charge in [0.25, 0.3) is 0 Å². The molecule has 1 aliphatic heterocycles. The smallest absolute Gasteiger partial charge is 0.343 e. The number of benzene rings is 3. The van der Waals surface area contributed by atoms with E-state index in [1.54, 1.807) is 43.5 Å². The molecule has 0 amide bonds. The number of nitrogens with zero attached hydrogens (tertiary/aromatic N) is 1. The van der Waals surface area contributed by atoms with E-state index in [9.17, 15) is 4.79 Å². The van der Waals surface area contributed by atoms with Crippen molar-refractivity contribution >= 4 is 5.97 Å². The Morgan fingerprint density at radius 2 is 1.57 bits per heavy atom. The highest BCUT2D eigenvalue weighted by Gasteiger charge is 2.46. The van der Waals surface area contributed by atoms with E-state index >= 15 is 4.39 Å². The van der Waals surface area contributed by atoms with E-state index in [2.05, 4.69) is 57.0 Å². The van der Waals surface area contributed by atoms with Crippen molar-refractivity contribution in [3.8, 4) is 22.6 Å². The number of carbonyl (C=O) groups is 1. The molecule has 0 bridgehead atoms. The molecule has 212 valence electrons. The number of methoxy groups -OCH3 is 1. The lowest BCUT2D eigenvalue weighted by Gasteiger charge is -2.54. The summed E-state index contributed by atoms with van der Waals surface area (Å²) in [7, 11) is 1.56. The molecule has 1 saturated heterocycles. The van der Waals surface area contributed by atoms with Crippen molar-refractivity contribution in [1.29, 1.82) is 0 Å². The summed E-state index contributed by atoms with van der Waals surface area (Å²) in [5, 5.41) is 2.19. The first kappa shape index (κ1) is 29.5. The Kier molecular flexibility index (Phi) is 9.12. The Morgan fingerprint density at radius 1 is 0.950 bits per heavy atom. The Balaban J connectivity index is 1.44. The number of carbonyl (C=O) groups excluding carboxylic acids is 1. The molecule has 1 heterocycles. The van der Waals surface area contributed by atoms with Gasteiger partial charge in [-0.1, -0.05) is 36.4 Å². The molecule has 6 heteroatoms. The van der Waals surface area contributed by atoms with Crippen LogP contribution in [0, 0.1) is 5.82 Å². The van der Waals surface area contributed by atoms with Gasteiger partial charge in [0.05, 0.1) is 19.3 Å². The zero-order chi connectivity index (χ0) is 28.9. The number of hydrogen-bond donors (Lipinski definition) is 0. The molecule has 0 radical (unpaired) electrons. The number of piperidine rings is 1. The third-order valence-corrected chi connectivity index (χ3v) is 7.50. The highest BCUT2D eigenvalue weighted by Crippen LogP contribution is 2.46. The lowest BCUT2D eigenvalue weighted by atomic mass is 9.72. The van der Waals surface area contributed by atoms with Crippen LogP contribution in [0.3, 0.4) is 0 Å².